The van der Waals surface area contributed by atoms with E-state index in [0.717, 1.165) is 4.90 Å². The number of hydrogen-bond acceptors (Lipinski definition) is 1. The maximum absolute atomic E-state index is 12.1. The van der Waals surface area contributed by atoms with Crippen LogP contribution in [0.1, 0.15) is 13.8 Å². The van der Waals surface area contributed by atoms with E-state index in [2.05, 4.69) is 13.8 Å². The molecule has 2 rings (SSSR count). The molecule has 0 saturated heterocycles. The maximum Gasteiger partial charge on any atom is 0.130 e. The first-order valence-corrected chi connectivity index (χ1v) is 6.27. The fraction of sp³-hybridized carbons (Fsp3) is 0.455. The number of alkyl halides is 1. The van der Waals surface area contributed by atoms with E-state index >= 15 is 0 Å². The van der Waals surface area contributed by atoms with Gasteiger partial charge in [-0.1, -0.05) is 32.0 Å². The van der Waals surface area contributed by atoms with E-state index in [1.165, 1.54) is 0 Å². The predicted octanol–water partition coefficient (Wildman–Crippen LogP) is 3.02. The summed E-state index contributed by atoms with van der Waals surface area (Å²) in [5, 5.41) is 0. The zero-order chi connectivity index (χ0) is 10.3. The highest BCUT2D eigenvalue weighted by molar-refractivity contribution is 7.88. The molecule has 0 amide bonds. The average molecular weight is 229 g/mol. The van der Waals surface area contributed by atoms with Gasteiger partial charge in [0.15, 0.2) is 0 Å². The molecule has 0 aliphatic heterocycles. The topological polar surface area (TPSA) is 17.1 Å². The summed E-state index contributed by atoms with van der Waals surface area (Å²) >= 11 is 6.33. The van der Waals surface area contributed by atoms with Crippen LogP contribution in [-0.2, 0) is 10.8 Å². The molecule has 0 bridgehead atoms. The molecule has 1 fully saturated rings. The van der Waals surface area contributed by atoms with Crippen molar-refractivity contribution in [3.63, 3.8) is 0 Å². The van der Waals surface area contributed by atoms with Gasteiger partial charge in [0.2, 0.25) is 0 Å². The first-order chi connectivity index (χ1) is 6.58. The smallest absolute Gasteiger partial charge is 0.130 e. The summed E-state index contributed by atoms with van der Waals surface area (Å²) in [5.41, 5.74) is 0. The fourth-order valence-electron chi connectivity index (χ4n) is 1.75. The second-order valence-corrected chi connectivity index (χ2v) is 6.39. The van der Waals surface area contributed by atoms with Crippen LogP contribution < -0.4 is 0 Å². The van der Waals surface area contributed by atoms with Crippen LogP contribution in [0.3, 0.4) is 0 Å². The molecule has 1 saturated carbocycles. The van der Waals surface area contributed by atoms with E-state index in [-0.39, 0.29) is 0 Å². The van der Waals surface area contributed by atoms with Crippen molar-refractivity contribution in [2.45, 2.75) is 22.9 Å². The van der Waals surface area contributed by atoms with E-state index in [9.17, 15) is 4.21 Å². The Kier molecular flexibility index (Phi) is 2.44. The Morgan fingerprint density at radius 2 is 1.71 bits per heavy atom. The monoisotopic (exact) mass is 228 g/mol. The second-order valence-electron chi connectivity index (χ2n) is 3.86. The zero-order valence-corrected chi connectivity index (χ0v) is 9.81. The van der Waals surface area contributed by atoms with Crippen LogP contribution in [0.15, 0.2) is 35.2 Å². The van der Waals surface area contributed by atoms with Crippen LogP contribution in [0.25, 0.3) is 0 Å². The lowest BCUT2D eigenvalue weighted by Gasteiger charge is -2.08. The fourth-order valence-corrected chi connectivity index (χ4v) is 4.11. The lowest BCUT2D eigenvalue weighted by Crippen LogP contribution is -2.12. The molecule has 1 nitrogen and oxygen atoms in total. The highest BCUT2D eigenvalue weighted by Gasteiger charge is 2.63. The van der Waals surface area contributed by atoms with Gasteiger partial charge in [-0.25, -0.2) is 0 Å². The molecule has 0 spiro atoms. The first kappa shape index (κ1) is 10.2. The molecule has 14 heavy (non-hydrogen) atoms. The summed E-state index contributed by atoms with van der Waals surface area (Å²) in [7, 11) is -1.08. The first-order valence-electron chi connectivity index (χ1n) is 4.74. The second kappa shape index (κ2) is 3.35. The Hall–Kier alpha value is -0.340. The van der Waals surface area contributed by atoms with Crippen LogP contribution in [0.4, 0.5) is 0 Å². The molecule has 3 atom stereocenters. The Balaban J connectivity index is 2.27. The van der Waals surface area contributed by atoms with Gasteiger partial charge in [0.05, 0.1) is 10.8 Å². The molecule has 1 aromatic rings. The van der Waals surface area contributed by atoms with Gasteiger partial charge in [0.25, 0.3) is 0 Å². The van der Waals surface area contributed by atoms with Gasteiger partial charge in [-0.15, -0.1) is 11.6 Å². The Bertz CT molecular complexity index is 355. The molecule has 1 aliphatic rings. The summed E-state index contributed by atoms with van der Waals surface area (Å²) in [4.78, 5) is 0.832. The summed E-state index contributed by atoms with van der Waals surface area (Å²) in [6, 6.07) is 9.45. The van der Waals surface area contributed by atoms with E-state index in [4.69, 9.17) is 11.6 Å². The summed E-state index contributed by atoms with van der Waals surface area (Å²) in [5.74, 6) is 0.676. The number of benzene rings is 1. The SMILES string of the molecule is C[C@H]1[C@H](C)C1(Cl)[S@@](=O)c1ccccc1. The van der Waals surface area contributed by atoms with Gasteiger partial charge in [0.1, 0.15) is 4.21 Å². The summed E-state index contributed by atoms with van der Waals surface area (Å²) < 4.78 is 11.6. The highest BCUT2D eigenvalue weighted by atomic mass is 35.5. The molecule has 1 aliphatic carbocycles. The third-order valence-electron chi connectivity index (χ3n) is 3.12. The van der Waals surface area contributed by atoms with Gasteiger partial charge in [-0.3, -0.25) is 4.21 Å². The molecule has 1 aromatic carbocycles. The Morgan fingerprint density at radius 1 is 1.21 bits per heavy atom. The number of rotatable bonds is 2. The highest BCUT2D eigenvalue weighted by Crippen LogP contribution is 2.58. The average Bonchev–Trinajstić information content (AvgIpc) is 2.71. The van der Waals surface area contributed by atoms with Crippen molar-refractivity contribution in [1.82, 2.24) is 0 Å². The van der Waals surface area contributed by atoms with Crippen molar-refractivity contribution >= 4 is 22.4 Å². The van der Waals surface area contributed by atoms with Crippen molar-refractivity contribution in [3.8, 4) is 0 Å². The molecule has 0 N–H and O–H groups in total. The number of halogens is 1. The minimum absolute atomic E-state index is 0.338. The molecule has 0 unspecified atom stereocenters. The van der Waals surface area contributed by atoms with Crippen LogP contribution in [0, 0.1) is 11.8 Å². The molecule has 3 heteroatoms. The standard InChI is InChI=1S/C11H13ClOS/c1-8-9(2)11(8,12)14(13)10-6-4-3-5-7-10/h3-9H,1-2H3/t8-,9-,14-/m0/s1. The summed E-state index contributed by atoms with van der Waals surface area (Å²) in [6.45, 7) is 4.11. The molecule has 0 heterocycles. The molecule has 76 valence electrons. The van der Waals surface area contributed by atoms with Crippen LogP contribution >= 0.6 is 11.6 Å². The molecule has 0 aromatic heterocycles. The molecule has 0 radical (unpaired) electrons. The largest absolute Gasteiger partial charge is 0.252 e. The molecular formula is C11H13ClOS. The molecular weight excluding hydrogens is 216 g/mol. The number of hydrogen-bond donors (Lipinski definition) is 0. The van der Waals surface area contributed by atoms with Crippen molar-refractivity contribution in [3.05, 3.63) is 30.3 Å². The van der Waals surface area contributed by atoms with Gasteiger partial charge >= 0.3 is 0 Å². The van der Waals surface area contributed by atoms with E-state index in [1.807, 2.05) is 30.3 Å². The third-order valence-corrected chi connectivity index (χ3v) is 6.25. The minimum atomic E-state index is -1.08. The van der Waals surface area contributed by atoms with Crippen molar-refractivity contribution in [1.29, 1.82) is 0 Å². The Labute approximate surface area is 91.9 Å². The summed E-state index contributed by atoms with van der Waals surface area (Å²) in [6.07, 6.45) is 0. The maximum atomic E-state index is 12.1. The lowest BCUT2D eigenvalue weighted by atomic mass is 10.4. The lowest BCUT2D eigenvalue weighted by molar-refractivity contribution is 0.677. The predicted molar refractivity (Wildman–Crippen MR) is 59.8 cm³/mol. The van der Waals surface area contributed by atoms with Gasteiger partial charge in [-0.05, 0) is 24.0 Å². The van der Waals surface area contributed by atoms with Crippen molar-refractivity contribution in [2.75, 3.05) is 0 Å². The van der Waals surface area contributed by atoms with Crippen LogP contribution in [0.2, 0.25) is 0 Å². The van der Waals surface area contributed by atoms with Gasteiger partial charge < -0.3 is 0 Å². The van der Waals surface area contributed by atoms with E-state index in [0.29, 0.717) is 11.8 Å². The van der Waals surface area contributed by atoms with Crippen LogP contribution in [-0.4, -0.2) is 8.42 Å². The van der Waals surface area contributed by atoms with Gasteiger partial charge in [0, 0.05) is 4.90 Å². The zero-order valence-electron chi connectivity index (χ0n) is 8.24. The van der Waals surface area contributed by atoms with Gasteiger partial charge in [-0.2, -0.15) is 0 Å². The Morgan fingerprint density at radius 3 is 2.14 bits per heavy atom. The van der Waals surface area contributed by atoms with Crippen molar-refractivity contribution in [2.24, 2.45) is 11.8 Å². The quantitative estimate of drug-likeness (QED) is 0.712. The normalized spacial score (nSPS) is 37.9. The van der Waals surface area contributed by atoms with Crippen molar-refractivity contribution < 1.29 is 4.21 Å². The third kappa shape index (κ3) is 1.32. The van der Waals surface area contributed by atoms with Crippen LogP contribution in [0.5, 0.6) is 0 Å². The van der Waals surface area contributed by atoms with E-state index in [1.54, 1.807) is 0 Å². The minimum Gasteiger partial charge on any atom is -0.252 e. The van der Waals surface area contributed by atoms with E-state index < -0.39 is 15.0 Å².